The molecule has 0 fully saturated rings. The number of nitrogens with zero attached hydrogens (tertiary/aromatic N) is 1. The lowest BCUT2D eigenvalue weighted by atomic mass is 10.2. The first kappa shape index (κ1) is 13.3. The molecule has 96 valence electrons. The van der Waals surface area contributed by atoms with Crippen molar-refractivity contribution in [2.45, 2.75) is 12.8 Å². The molecule has 1 aromatic heterocycles. The molecule has 0 saturated heterocycles. The second kappa shape index (κ2) is 6.72. The van der Waals surface area contributed by atoms with E-state index in [1.165, 1.54) is 11.3 Å². The van der Waals surface area contributed by atoms with Gasteiger partial charge in [0.1, 0.15) is 5.75 Å². The summed E-state index contributed by atoms with van der Waals surface area (Å²) in [7, 11) is 0. The number of hydrogen-bond acceptors (Lipinski definition) is 4. The zero-order chi connectivity index (χ0) is 13.5. The highest BCUT2D eigenvalue weighted by Gasteiger charge is 2.06. The lowest BCUT2D eigenvalue weighted by Gasteiger charge is -2.05. The number of carbonyl (C=O) groups excluding carboxylic acids is 1. The molecule has 0 aliphatic rings. The van der Waals surface area contributed by atoms with Gasteiger partial charge in [0.2, 0.25) is 0 Å². The first-order chi connectivity index (χ1) is 9.29. The van der Waals surface area contributed by atoms with Crippen molar-refractivity contribution in [3.05, 3.63) is 52.2 Å². The van der Waals surface area contributed by atoms with E-state index >= 15 is 0 Å². The summed E-state index contributed by atoms with van der Waals surface area (Å²) in [6.45, 7) is 0.503. The molecule has 1 heterocycles. The molecular formula is C15H13NO2S. The fourth-order valence-corrected chi connectivity index (χ4v) is 2.30. The molecular weight excluding hydrogens is 258 g/mol. The van der Waals surface area contributed by atoms with Gasteiger partial charge in [-0.2, -0.15) is 5.26 Å². The fraction of sp³-hybridized carbons (Fsp3) is 0.200. The van der Waals surface area contributed by atoms with Crippen LogP contribution in [0.4, 0.5) is 0 Å². The van der Waals surface area contributed by atoms with Gasteiger partial charge in [0, 0.05) is 6.42 Å². The summed E-state index contributed by atoms with van der Waals surface area (Å²) in [4.78, 5) is 12.5. The minimum Gasteiger partial charge on any atom is -0.494 e. The van der Waals surface area contributed by atoms with Crippen LogP contribution in [0.5, 0.6) is 5.75 Å². The largest absolute Gasteiger partial charge is 0.494 e. The number of carbonyl (C=O) groups is 1. The summed E-state index contributed by atoms with van der Waals surface area (Å²) < 4.78 is 5.52. The Morgan fingerprint density at radius 1 is 1.26 bits per heavy atom. The van der Waals surface area contributed by atoms with E-state index in [0.29, 0.717) is 25.0 Å². The molecule has 19 heavy (non-hydrogen) atoms. The van der Waals surface area contributed by atoms with Crippen molar-refractivity contribution in [1.82, 2.24) is 0 Å². The average Bonchev–Trinajstić information content (AvgIpc) is 2.98. The quantitative estimate of drug-likeness (QED) is 0.595. The smallest absolute Gasteiger partial charge is 0.172 e. The Morgan fingerprint density at radius 3 is 2.68 bits per heavy atom. The molecule has 3 nitrogen and oxygen atoms in total. The number of ketones is 1. The molecule has 0 aliphatic heterocycles. The van der Waals surface area contributed by atoms with Crippen molar-refractivity contribution in [3.63, 3.8) is 0 Å². The van der Waals surface area contributed by atoms with Crippen molar-refractivity contribution in [1.29, 1.82) is 5.26 Å². The first-order valence-corrected chi connectivity index (χ1v) is 6.87. The third kappa shape index (κ3) is 3.94. The number of hydrogen-bond donors (Lipinski definition) is 0. The minimum atomic E-state index is 0.165. The van der Waals surface area contributed by atoms with E-state index in [0.717, 1.165) is 10.6 Å². The maximum atomic E-state index is 11.7. The zero-order valence-corrected chi connectivity index (χ0v) is 11.2. The summed E-state index contributed by atoms with van der Waals surface area (Å²) in [6, 6.07) is 12.7. The molecule has 2 rings (SSSR count). The van der Waals surface area contributed by atoms with Crippen molar-refractivity contribution in [2.75, 3.05) is 6.61 Å². The predicted octanol–water partition coefficient (Wildman–Crippen LogP) is 3.66. The van der Waals surface area contributed by atoms with Crippen LogP contribution in [-0.4, -0.2) is 12.4 Å². The first-order valence-electron chi connectivity index (χ1n) is 5.99. The van der Waals surface area contributed by atoms with Gasteiger partial charge in [0.05, 0.1) is 23.1 Å². The van der Waals surface area contributed by atoms with Crippen LogP contribution in [0.2, 0.25) is 0 Å². The van der Waals surface area contributed by atoms with E-state index in [9.17, 15) is 4.79 Å². The summed E-state index contributed by atoms with van der Waals surface area (Å²) in [6.07, 6.45) is 1.19. The molecule has 0 atom stereocenters. The van der Waals surface area contributed by atoms with Crippen LogP contribution in [0.1, 0.15) is 28.1 Å². The van der Waals surface area contributed by atoms with Crippen molar-refractivity contribution >= 4 is 17.1 Å². The number of ether oxygens (including phenoxy) is 1. The minimum absolute atomic E-state index is 0.165. The summed E-state index contributed by atoms with van der Waals surface area (Å²) in [5.74, 6) is 0.890. The molecule has 0 aliphatic carbocycles. The normalized spacial score (nSPS) is 9.84. The molecule has 0 amide bonds. The molecule has 0 N–H and O–H groups in total. The van der Waals surface area contributed by atoms with Crippen LogP contribution in [0.25, 0.3) is 0 Å². The number of nitriles is 1. The highest BCUT2D eigenvalue weighted by molar-refractivity contribution is 7.12. The summed E-state index contributed by atoms with van der Waals surface area (Å²) in [5, 5.41) is 10.6. The Hall–Kier alpha value is -2.12. The van der Waals surface area contributed by atoms with Crippen LogP contribution in [0.3, 0.4) is 0 Å². The SMILES string of the molecule is N#Cc1ccc(OCCCC(=O)c2cccs2)cc1. The molecule has 2 aromatic rings. The van der Waals surface area contributed by atoms with Crippen molar-refractivity contribution < 1.29 is 9.53 Å². The second-order valence-corrected chi connectivity index (χ2v) is 4.94. The van der Waals surface area contributed by atoms with Crippen LogP contribution in [-0.2, 0) is 0 Å². The average molecular weight is 271 g/mol. The van der Waals surface area contributed by atoms with E-state index in [2.05, 4.69) is 6.07 Å². The van der Waals surface area contributed by atoms with Crippen LogP contribution in [0, 0.1) is 11.3 Å². The van der Waals surface area contributed by atoms with Gasteiger partial charge in [-0.15, -0.1) is 11.3 Å². The number of benzene rings is 1. The number of Topliss-reactive ketones (excluding diaryl/α,β-unsaturated/α-hetero) is 1. The summed E-state index contributed by atoms with van der Waals surface area (Å²) >= 11 is 1.47. The van der Waals surface area contributed by atoms with Crippen LogP contribution >= 0.6 is 11.3 Å². The molecule has 0 saturated carbocycles. The maximum absolute atomic E-state index is 11.7. The lowest BCUT2D eigenvalue weighted by molar-refractivity contribution is 0.0977. The number of thiophene rings is 1. The topological polar surface area (TPSA) is 50.1 Å². The van der Waals surface area contributed by atoms with Crippen LogP contribution < -0.4 is 4.74 Å². The summed E-state index contributed by atoms with van der Waals surface area (Å²) in [5.41, 5.74) is 0.611. The predicted molar refractivity (Wildman–Crippen MR) is 74.5 cm³/mol. The van der Waals surface area contributed by atoms with Gasteiger partial charge in [-0.25, -0.2) is 0 Å². The standard InChI is InChI=1S/C15H13NO2S/c16-11-12-5-7-13(8-6-12)18-9-1-3-14(17)15-4-2-10-19-15/h2,4-8,10H,1,3,9H2. The highest BCUT2D eigenvalue weighted by atomic mass is 32.1. The van der Waals surface area contributed by atoms with E-state index in [1.807, 2.05) is 17.5 Å². The molecule has 0 bridgehead atoms. The van der Waals surface area contributed by atoms with Gasteiger partial charge in [0.15, 0.2) is 5.78 Å². The third-order valence-corrected chi connectivity index (χ3v) is 3.51. The number of rotatable bonds is 6. The molecule has 1 aromatic carbocycles. The Balaban J connectivity index is 1.72. The molecule has 0 radical (unpaired) electrons. The van der Waals surface area contributed by atoms with E-state index in [-0.39, 0.29) is 5.78 Å². The van der Waals surface area contributed by atoms with Crippen LogP contribution in [0.15, 0.2) is 41.8 Å². The van der Waals surface area contributed by atoms with Gasteiger partial charge in [-0.1, -0.05) is 6.07 Å². The zero-order valence-electron chi connectivity index (χ0n) is 10.3. The maximum Gasteiger partial charge on any atom is 0.172 e. The van der Waals surface area contributed by atoms with E-state index < -0.39 is 0 Å². The van der Waals surface area contributed by atoms with Gasteiger partial charge in [0.25, 0.3) is 0 Å². The molecule has 0 unspecified atom stereocenters. The Bertz CT molecular complexity index is 567. The Labute approximate surface area is 116 Å². The second-order valence-electron chi connectivity index (χ2n) is 3.99. The van der Waals surface area contributed by atoms with Crippen molar-refractivity contribution in [3.8, 4) is 11.8 Å². The van der Waals surface area contributed by atoms with Gasteiger partial charge < -0.3 is 4.74 Å². The lowest BCUT2D eigenvalue weighted by Crippen LogP contribution is -2.02. The Morgan fingerprint density at radius 2 is 2.05 bits per heavy atom. The third-order valence-electron chi connectivity index (χ3n) is 2.60. The highest BCUT2D eigenvalue weighted by Crippen LogP contribution is 2.14. The Kier molecular flexibility index (Phi) is 4.71. The van der Waals surface area contributed by atoms with Gasteiger partial charge in [-0.05, 0) is 42.1 Å². The molecule has 0 spiro atoms. The van der Waals surface area contributed by atoms with E-state index in [4.69, 9.17) is 10.00 Å². The van der Waals surface area contributed by atoms with E-state index in [1.54, 1.807) is 24.3 Å². The van der Waals surface area contributed by atoms with Gasteiger partial charge in [-0.3, -0.25) is 4.79 Å². The fourth-order valence-electron chi connectivity index (χ4n) is 1.61. The van der Waals surface area contributed by atoms with Crippen molar-refractivity contribution in [2.24, 2.45) is 0 Å². The van der Waals surface area contributed by atoms with Gasteiger partial charge >= 0.3 is 0 Å². The monoisotopic (exact) mass is 271 g/mol. The molecule has 4 heteroatoms.